The third-order valence-corrected chi connectivity index (χ3v) is 7.50. The van der Waals surface area contributed by atoms with Crippen molar-refractivity contribution in [1.29, 1.82) is 0 Å². The lowest BCUT2D eigenvalue weighted by Gasteiger charge is -2.40. The number of carbonyl (C=O) groups is 1. The minimum Gasteiger partial charge on any atom is -0.462 e. The number of aromatic nitrogens is 2. The Balaban J connectivity index is 1.42. The number of nitrogens with zero attached hydrogens (tertiary/aromatic N) is 5. The molecule has 0 radical (unpaired) electrons. The van der Waals surface area contributed by atoms with Crippen LogP contribution in [0.5, 0.6) is 0 Å². The van der Waals surface area contributed by atoms with Gasteiger partial charge in [0.2, 0.25) is 0 Å². The first kappa shape index (κ1) is 26.3. The quantitative estimate of drug-likeness (QED) is 0.224. The molecule has 9 heteroatoms. The topological polar surface area (TPSA) is 84.1 Å². The fourth-order valence-electron chi connectivity index (χ4n) is 5.58. The Bertz CT molecular complexity index is 1910. The number of hydrogen-bond donors (Lipinski definition) is 1. The summed E-state index contributed by atoms with van der Waals surface area (Å²) in [6, 6.07) is 30.7. The first-order valence-electron chi connectivity index (χ1n) is 14.0. The second-order valence-corrected chi connectivity index (χ2v) is 10.2. The normalized spacial score (nSPS) is 15.0. The molecule has 0 amide bonds. The number of rotatable bonds is 5. The lowest BCUT2D eigenvalue weighted by atomic mass is 9.93. The molecule has 8 nitrogen and oxygen atoms in total. The molecule has 1 atom stereocenters. The maximum Gasteiger partial charge on any atom is 0.338 e. The fraction of sp³-hybridized carbons (Fsp3) is 0.118. The first-order valence-corrected chi connectivity index (χ1v) is 14.0. The van der Waals surface area contributed by atoms with Gasteiger partial charge in [0, 0.05) is 16.8 Å². The number of nitrogens with one attached hydrogen (secondary N) is 1. The number of para-hydroxylation sites is 3. The zero-order chi connectivity index (χ0) is 29.5. The monoisotopic (exact) mass is 570 g/mol. The van der Waals surface area contributed by atoms with Crippen LogP contribution >= 0.6 is 0 Å². The molecule has 2 aliphatic rings. The number of ether oxygens (including phenoxy) is 1. The molecule has 43 heavy (non-hydrogen) atoms. The van der Waals surface area contributed by atoms with Crippen LogP contribution in [0, 0.1) is 12.7 Å². The molecule has 5 aromatic rings. The SMILES string of the molecule is CCOC(=O)c1ccc(NC2=Nc3ccccc3N3C2=Nc2c(c(C)nn2-c2ccccc2)[C@@H]3c2ccccc2F)cc1. The maximum atomic E-state index is 15.7. The molecule has 0 unspecified atom stereocenters. The van der Waals surface area contributed by atoms with Crippen molar-refractivity contribution in [2.75, 3.05) is 16.8 Å². The average molecular weight is 571 g/mol. The summed E-state index contributed by atoms with van der Waals surface area (Å²) in [4.78, 5) is 24.4. The largest absolute Gasteiger partial charge is 0.462 e. The van der Waals surface area contributed by atoms with Crippen LogP contribution < -0.4 is 10.2 Å². The zero-order valence-corrected chi connectivity index (χ0v) is 23.5. The van der Waals surface area contributed by atoms with Gasteiger partial charge < -0.3 is 15.0 Å². The molecule has 1 N–H and O–H groups in total. The highest BCUT2D eigenvalue weighted by molar-refractivity contribution is 6.51. The molecule has 0 bridgehead atoms. The number of fused-ring (bicyclic) bond motifs is 4. The molecule has 0 fully saturated rings. The molecule has 0 saturated carbocycles. The predicted octanol–water partition coefficient (Wildman–Crippen LogP) is 7.29. The van der Waals surface area contributed by atoms with Crippen LogP contribution in [0.25, 0.3) is 5.69 Å². The van der Waals surface area contributed by atoms with Gasteiger partial charge in [0.25, 0.3) is 0 Å². The summed E-state index contributed by atoms with van der Waals surface area (Å²) in [7, 11) is 0. The van der Waals surface area contributed by atoms with Crippen molar-refractivity contribution in [3.05, 3.63) is 131 Å². The Hall–Kier alpha value is -5.57. The van der Waals surface area contributed by atoms with E-state index in [0.29, 0.717) is 46.6 Å². The van der Waals surface area contributed by atoms with Gasteiger partial charge >= 0.3 is 5.97 Å². The summed E-state index contributed by atoms with van der Waals surface area (Å²) in [6.07, 6.45) is 0. The zero-order valence-electron chi connectivity index (χ0n) is 23.5. The van der Waals surface area contributed by atoms with Crippen LogP contribution in [0.1, 0.15) is 40.1 Å². The van der Waals surface area contributed by atoms with Crippen molar-refractivity contribution < 1.29 is 13.9 Å². The highest BCUT2D eigenvalue weighted by Crippen LogP contribution is 2.48. The van der Waals surface area contributed by atoms with Crippen molar-refractivity contribution in [2.24, 2.45) is 9.98 Å². The number of esters is 1. The molecule has 212 valence electrons. The van der Waals surface area contributed by atoms with Crippen molar-refractivity contribution in [1.82, 2.24) is 9.78 Å². The molecule has 1 aromatic heterocycles. The summed E-state index contributed by atoms with van der Waals surface area (Å²) in [6.45, 7) is 4.00. The van der Waals surface area contributed by atoms with E-state index in [1.165, 1.54) is 6.07 Å². The number of amidine groups is 2. The Labute approximate surface area is 247 Å². The number of carbonyl (C=O) groups excluding carboxylic acids is 1. The molecule has 4 aromatic carbocycles. The minimum atomic E-state index is -0.569. The van der Waals surface area contributed by atoms with Gasteiger partial charge in [-0.3, -0.25) is 0 Å². The van der Waals surface area contributed by atoms with E-state index in [1.54, 1.807) is 41.9 Å². The van der Waals surface area contributed by atoms with E-state index < -0.39 is 6.04 Å². The number of aliphatic imine (C=N–C) groups is 2. The van der Waals surface area contributed by atoms with Gasteiger partial charge in [0.1, 0.15) is 5.82 Å². The van der Waals surface area contributed by atoms with Gasteiger partial charge in [-0.15, -0.1) is 0 Å². The van der Waals surface area contributed by atoms with Gasteiger partial charge in [-0.05, 0) is 68.4 Å². The second-order valence-electron chi connectivity index (χ2n) is 10.2. The predicted molar refractivity (Wildman–Crippen MR) is 166 cm³/mol. The summed E-state index contributed by atoms with van der Waals surface area (Å²) < 4.78 is 22.6. The third-order valence-electron chi connectivity index (χ3n) is 7.50. The van der Waals surface area contributed by atoms with Gasteiger partial charge in [-0.2, -0.15) is 5.10 Å². The molecular formula is C34H27FN6O2. The van der Waals surface area contributed by atoms with Crippen LogP contribution in [0.15, 0.2) is 113 Å². The molecule has 0 spiro atoms. The van der Waals surface area contributed by atoms with Gasteiger partial charge in [0.15, 0.2) is 17.5 Å². The summed E-state index contributed by atoms with van der Waals surface area (Å²) >= 11 is 0. The van der Waals surface area contributed by atoms with Crippen LogP contribution in [0.3, 0.4) is 0 Å². The van der Waals surface area contributed by atoms with Crippen LogP contribution in [-0.4, -0.2) is 34.0 Å². The van der Waals surface area contributed by atoms with Crippen molar-refractivity contribution in [3.63, 3.8) is 0 Å². The van der Waals surface area contributed by atoms with Crippen molar-refractivity contribution in [2.45, 2.75) is 19.9 Å². The highest BCUT2D eigenvalue weighted by atomic mass is 19.1. The van der Waals surface area contributed by atoms with E-state index in [9.17, 15) is 4.79 Å². The fourth-order valence-corrected chi connectivity index (χ4v) is 5.58. The van der Waals surface area contributed by atoms with Crippen LogP contribution in [0.4, 0.5) is 27.3 Å². The lowest BCUT2D eigenvalue weighted by molar-refractivity contribution is 0.0526. The van der Waals surface area contributed by atoms with Crippen molar-refractivity contribution in [3.8, 4) is 5.69 Å². The summed E-state index contributed by atoms with van der Waals surface area (Å²) in [5, 5.41) is 8.29. The molecular weight excluding hydrogens is 543 g/mol. The summed E-state index contributed by atoms with van der Waals surface area (Å²) in [5.74, 6) is 0.898. The Morgan fingerprint density at radius 1 is 0.907 bits per heavy atom. The van der Waals surface area contributed by atoms with E-state index in [2.05, 4.69) is 5.32 Å². The Morgan fingerprint density at radius 3 is 2.40 bits per heavy atom. The smallest absolute Gasteiger partial charge is 0.338 e. The maximum absolute atomic E-state index is 15.7. The Morgan fingerprint density at radius 2 is 1.63 bits per heavy atom. The van der Waals surface area contributed by atoms with Crippen LogP contribution in [-0.2, 0) is 4.74 Å². The van der Waals surface area contributed by atoms with E-state index in [4.69, 9.17) is 19.8 Å². The summed E-state index contributed by atoms with van der Waals surface area (Å²) in [5.41, 5.74) is 5.57. The number of anilines is 2. The number of aryl methyl sites for hydroxylation is 1. The number of hydrogen-bond acceptors (Lipinski definition) is 7. The Kier molecular flexibility index (Phi) is 6.54. The van der Waals surface area contributed by atoms with Crippen molar-refractivity contribution >= 4 is 40.5 Å². The number of halogens is 1. The van der Waals surface area contributed by atoms with E-state index in [0.717, 1.165) is 22.6 Å². The van der Waals surface area contributed by atoms with E-state index in [1.807, 2.05) is 78.6 Å². The second kappa shape index (κ2) is 10.7. The van der Waals surface area contributed by atoms with E-state index >= 15 is 4.39 Å². The van der Waals surface area contributed by atoms with Crippen LogP contribution in [0.2, 0.25) is 0 Å². The lowest BCUT2D eigenvalue weighted by Crippen LogP contribution is -2.46. The third kappa shape index (κ3) is 4.55. The minimum absolute atomic E-state index is 0.301. The highest BCUT2D eigenvalue weighted by Gasteiger charge is 2.42. The molecule has 7 rings (SSSR count). The average Bonchev–Trinajstić information content (AvgIpc) is 3.37. The first-order chi connectivity index (χ1) is 21.0. The van der Waals surface area contributed by atoms with Gasteiger partial charge in [-0.1, -0.05) is 48.5 Å². The number of benzene rings is 4. The van der Waals surface area contributed by atoms with Gasteiger partial charge in [0.05, 0.1) is 41.0 Å². The molecule has 2 aliphatic heterocycles. The molecule has 3 heterocycles. The standard InChI is InChI=1S/C34H27FN6O2/c1-3-43-34(42)22-17-19-23(20-18-22)36-31-33-38-32-29(21(2)39-41(32)24-11-5-4-6-12-24)30(25-13-7-8-14-26(25)35)40(33)28-16-10-9-15-27(28)37-31/h4-20,30H,3H2,1-2H3,(H,36,37)/t30-/m0/s1. The van der Waals surface area contributed by atoms with E-state index in [-0.39, 0.29) is 11.8 Å². The van der Waals surface area contributed by atoms with Gasteiger partial charge in [-0.25, -0.2) is 23.9 Å². The molecule has 0 saturated heterocycles. The molecule has 0 aliphatic carbocycles.